The van der Waals surface area contributed by atoms with Crippen molar-refractivity contribution in [2.75, 3.05) is 5.32 Å². The predicted molar refractivity (Wildman–Crippen MR) is 78.8 cm³/mol. The fraction of sp³-hybridized carbons (Fsp3) is 0.188. The summed E-state index contributed by atoms with van der Waals surface area (Å²) in [5, 5.41) is 2.89. The Morgan fingerprint density at radius 3 is 2.21 bits per heavy atom. The van der Waals surface area contributed by atoms with Crippen molar-refractivity contribution in [3.05, 3.63) is 54.6 Å². The van der Waals surface area contributed by atoms with E-state index in [1.807, 2.05) is 54.6 Å². The number of benzene rings is 2. The summed E-state index contributed by atoms with van der Waals surface area (Å²) in [7, 11) is 0. The van der Waals surface area contributed by atoms with Gasteiger partial charge in [0.1, 0.15) is 0 Å². The normalized spacial score (nSPS) is 11.1. The van der Waals surface area contributed by atoms with Crippen molar-refractivity contribution >= 4 is 11.6 Å². The van der Waals surface area contributed by atoms with Gasteiger partial charge in [0.15, 0.2) is 0 Å². The second-order valence-corrected chi connectivity index (χ2v) is 5.09. The second-order valence-electron chi connectivity index (χ2n) is 5.09. The number of carbonyl (C=O) groups excluding carboxylic acids is 1. The highest BCUT2D eigenvalue weighted by atomic mass is 16.2. The van der Waals surface area contributed by atoms with E-state index in [1.54, 1.807) is 13.8 Å². The van der Waals surface area contributed by atoms with E-state index < -0.39 is 5.54 Å². The molecule has 3 nitrogen and oxygen atoms in total. The molecule has 0 aliphatic rings. The number of nitrogens with one attached hydrogen (secondary N) is 1. The van der Waals surface area contributed by atoms with E-state index in [1.165, 1.54) is 0 Å². The van der Waals surface area contributed by atoms with Crippen molar-refractivity contribution in [3.63, 3.8) is 0 Å². The van der Waals surface area contributed by atoms with Crippen LogP contribution in [0.15, 0.2) is 54.6 Å². The third kappa shape index (κ3) is 3.20. The van der Waals surface area contributed by atoms with Gasteiger partial charge in [-0.15, -0.1) is 0 Å². The average Bonchev–Trinajstić information content (AvgIpc) is 2.39. The minimum Gasteiger partial charge on any atom is -0.324 e. The summed E-state index contributed by atoms with van der Waals surface area (Å²) in [5.41, 5.74) is 7.73. The molecule has 0 aliphatic heterocycles. The molecule has 0 spiro atoms. The van der Waals surface area contributed by atoms with E-state index in [0.717, 1.165) is 16.8 Å². The molecule has 19 heavy (non-hydrogen) atoms. The fourth-order valence-electron chi connectivity index (χ4n) is 1.74. The van der Waals surface area contributed by atoms with Crippen molar-refractivity contribution in [2.24, 2.45) is 5.73 Å². The van der Waals surface area contributed by atoms with Crippen LogP contribution >= 0.6 is 0 Å². The molecule has 0 atom stereocenters. The summed E-state index contributed by atoms with van der Waals surface area (Å²) in [4.78, 5) is 12.0. The van der Waals surface area contributed by atoms with Crippen LogP contribution in [0.3, 0.4) is 0 Å². The molecule has 0 saturated heterocycles. The number of rotatable bonds is 3. The summed E-state index contributed by atoms with van der Waals surface area (Å²) in [6, 6.07) is 17.6. The zero-order valence-corrected chi connectivity index (χ0v) is 11.2. The highest BCUT2D eigenvalue weighted by Crippen LogP contribution is 2.27. The Kier molecular flexibility index (Phi) is 3.67. The van der Waals surface area contributed by atoms with Crippen LogP contribution in [0.4, 0.5) is 5.69 Å². The molecule has 0 saturated carbocycles. The van der Waals surface area contributed by atoms with E-state index in [2.05, 4.69) is 5.32 Å². The Bertz CT molecular complexity index is 571. The van der Waals surface area contributed by atoms with Gasteiger partial charge in [0.25, 0.3) is 0 Å². The molecule has 3 heteroatoms. The van der Waals surface area contributed by atoms with Crippen LogP contribution in [0.25, 0.3) is 11.1 Å². The van der Waals surface area contributed by atoms with E-state index >= 15 is 0 Å². The van der Waals surface area contributed by atoms with Crippen molar-refractivity contribution in [1.29, 1.82) is 0 Å². The van der Waals surface area contributed by atoms with Crippen LogP contribution in [-0.2, 0) is 4.79 Å². The van der Waals surface area contributed by atoms with Gasteiger partial charge in [0, 0.05) is 11.3 Å². The monoisotopic (exact) mass is 254 g/mol. The lowest BCUT2D eigenvalue weighted by Crippen LogP contribution is -2.45. The Balaban J connectivity index is 2.35. The summed E-state index contributed by atoms with van der Waals surface area (Å²) >= 11 is 0. The van der Waals surface area contributed by atoms with Crippen LogP contribution in [-0.4, -0.2) is 11.4 Å². The predicted octanol–water partition coefficient (Wildman–Crippen LogP) is 3.03. The van der Waals surface area contributed by atoms with Crippen LogP contribution in [0, 0.1) is 0 Å². The lowest BCUT2D eigenvalue weighted by atomic mass is 10.0. The first-order valence-corrected chi connectivity index (χ1v) is 6.23. The van der Waals surface area contributed by atoms with Gasteiger partial charge in [-0.1, -0.05) is 48.5 Å². The maximum Gasteiger partial charge on any atom is 0.243 e. The quantitative estimate of drug-likeness (QED) is 0.884. The third-order valence-electron chi connectivity index (χ3n) is 2.85. The Morgan fingerprint density at radius 1 is 1.00 bits per heavy atom. The summed E-state index contributed by atoms with van der Waals surface area (Å²) < 4.78 is 0. The first-order valence-electron chi connectivity index (χ1n) is 6.23. The van der Waals surface area contributed by atoms with Crippen molar-refractivity contribution in [2.45, 2.75) is 19.4 Å². The van der Waals surface area contributed by atoms with Gasteiger partial charge in [-0.2, -0.15) is 0 Å². The molecule has 0 aliphatic carbocycles. The standard InChI is InChI=1S/C16H18N2O/c1-16(2,17)15(19)18-14-11-7-6-10-13(14)12-8-4-3-5-9-12/h3-11H,17H2,1-2H3,(H,18,19). The molecular formula is C16H18N2O. The van der Waals surface area contributed by atoms with Gasteiger partial charge in [-0.25, -0.2) is 0 Å². The zero-order valence-electron chi connectivity index (χ0n) is 11.2. The number of hydrogen-bond donors (Lipinski definition) is 2. The maximum absolute atomic E-state index is 12.0. The maximum atomic E-state index is 12.0. The van der Waals surface area contributed by atoms with Crippen molar-refractivity contribution in [3.8, 4) is 11.1 Å². The first kappa shape index (κ1) is 13.3. The highest BCUT2D eigenvalue weighted by molar-refractivity contribution is 6.00. The summed E-state index contributed by atoms with van der Waals surface area (Å²) in [5.74, 6) is -0.198. The number of amides is 1. The van der Waals surface area contributed by atoms with Crippen LogP contribution < -0.4 is 11.1 Å². The van der Waals surface area contributed by atoms with Gasteiger partial charge < -0.3 is 11.1 Å². The molecular weight excluding hydrogens is 236 g/mol. The van der Waals surface area contributed by atoms with E-state index in [9.17, 15) is 4.79 Å². The molecule has 0 heterocycles. The first-order chi connectivity index (χ1) is 8.98. The third-order valence-corrected chi connectivity index (χ3v) is 2.85. The summed E-state index contributed by atoms with van der Waals surface area (Å²) in [6.45, 7) is 3.38. The van der Waals surface area contributed by atoms with Crippen molar-refractivity contribution < 1.29 is 4.79 Å². The molecule has 0 aromatic heterocycles. The lowest BCUT2D eigenvalue weighted by Gasteiger charge is -2.19. The molecule has 0 fully saturated rings. The van der Waals surface area contributed by atoms with Gasteiger partial charge in [0.2, 0.25) is 5.91 Å². The topological polar surface area (TPSA) is 55.1 Å². The van der Waals surface area contributed by atoms with Crippen LogP contribution in [0.1, 0.15) is 13.8 Å². The van der Waals surface area contributed by atoms with Gasteiger partial charge in [0.05, 0.1) is 5.54 Å². The number of hydrogen-bond acceptors (Lipinski definition) is 2. The molecule has 98 valence electrons. The minimum atomic E-state index is -0.899. The number of carbonyl (C=O) groups is 1. The molecule has 2 aromatic carbocycles. The van der Waals surface area contributed by atoms with Crippen molar-refractivity contribution in [1.82, 2.24) is 0 Å². The zero-order chi connectivity index (χ0) is 13.9. The Hall–Kier alpha value is -2.13. The Morgan fingerprint density at radius 2 is 1.58 bits per heavy atom. The number of anilines is 1. The Labute approximate surface area is 113 Å². The molecule has 0 radical (unpaired) electrons. The van der Waals surface area contributed by atoms with Gasteiger partial charge in [-0.3, -0.25) is 4.79 Å². The van der Waals surface area contributed by atoms with E-state index in [4.69, 9.17) is 5.73 Å². The minimum absolute atomic E-state index is 0.198. The van der Waals surface area contributed by atoms with Crippen LogP contribution in [0.5, 0.6) is 0 Å². The average molecular weight is 254 g/mol. The second kappa shape index (κ2) is 5.24. The molecule has 1 amide bonds. The molecule has 3 N–H and O–H groups in total. The number of nitrogens with two attached hydrogens (primary N) is 1. The molecule has 2 rings (SSSR count). The molecule has 0 unspecified atom stereocenters. The van der Waals surface area contributed by atoms with E-state index in [-0.39, 0.29) is 5.91 Å². The molecule has 0 bridgehead atoms. The largest absolute Gasteiger partial charge is 0.324 e. The van der Waals surface area contributed by atoms with Crippen LogP contribution in [0.2, 0.25) is 0 Å². The smallest absolute Gasteiger partial charge is 0.243 e. The fourth-order valence-corrected chi connectivity index (χ4v) is 1.74. The highest BCUT2D eigenvalue weighted by Gasteiger charge is 2.22. The molecule has 2 aromatic rings. The summed E-state index contributed by atoms with van der Waals surface area (Å²) in [6.07, 6.45) is 0. The lowest BCUT2D eigenvalue weighted by molar-refractivity contribution is -0.120. The van der Waals surface area contributed by atoms with E-state index in [0.29, 0.717) is 0 Å². The van der Waals surface area contributed by atoms with Gasteiger partial charge >= 0.3 is 0 Å². The van der Waals surface area contributed by atoms with Gasteiger partial charge in [-0.05, 0) is 25.5 Å². The number of para-hydroxylation sites is 1. The SMILES string of the molecule is CC(C)(N)C(=O)Nc1ccccc1-c1ccccc1.